The van der Waals surface area contributed by atoms with E-state index in [9.17, 15) is 15.3 Å². The molecule has 0 aliphatic rings. The van der Waals surface area contributed by atoms with Gasteiger partial charge in [0.25, 0.3) is 0 Å². The van der Waals surface area contributed by atoms with Gasteiger partial charge in [-0.1, -0.05) is 24.3 Å². The Kier molecular flexibility index (Phi) is 5.65. The Morgan fingerprint density at radius 3 is 1.78 bits per heavy atom. The molecule has 0 amide bonds. The van der Waals surface area contributed by atoms with E-state index in [2.05, 4.69) is 0 Å². The zero-order valence-corrected chi connectivity index (χ0v) is 18.2. The van der Waals surface area contributed by atoms with Crippen LogP contribution in [0.1, 0.15) is 16.7 Å². The number of anilines is 3. The van der Waals surface area contributed by atoms with Crippen molar-refractivity contribution in [2.24, 2.45) is 0 Å². The normalized spacial score (nSPS) is 10.7. The van der Waals surface area contributed by atoms with Gasteiger partial charge in [0.15, 0.2) is 5.75 Å². The number of para-hydroxylation sites is 2. The molecule has 4 rings (SSSR count). The van der Waals surface area contributed by atoms with Gasteiger partial charge in [0.1, 0.15) is 23.0 Å². The zero-order valence-electron chi connectivity index (χ0n) is 18.2. The van der Waals surface area contributed by atoms with Crippen molar-refractivity contribution < 1.29 is 20.1 Å². The van der Waals surface area contributed by atoms with Crippen LogP contribution in [0.5, 0.6) is 28.7 Å². The topological polar surface area (TPSA) is 73.2 Å². The van der Waals surface area contributed by atoms with Crippen LogP contribution in [0.4, 0.5) is 17.1 Å². The Hall–Kier alpha value is -4.12. The number of phenols is 3. The summed E-state index contributed by atoms with van der Waals surface area (Å²) in [5.74, 6) is 1.46. The Balaban J connectivity index is 1.93. The van der Waals surface area contributed by atoms with Gasteiger partial charge in [-0.05, 0) is 73.9 Å². The van der Waals surface area contributed by atoms with E-state index in [1.165, 1.54) is 0 Å². The minimum Gasteiger partial charge on any atom is -0.508 e. The number of hydrogen-bond donors (Lipinski definition) is 3. The van der Waals surface area contributed by atoms with Crippen molar-refractivity contribution in [3.63, 3.8) is 0 Å². The van der Waals surface area contributed by atoms with Crippen molar-refractivity contribution in [3.8, 4) is 28.7 Å². The third-order valence-electron chi connectivity index (χ3n) is 5.24. The van der Waals surface area contributed by atoms with Crippen molar-refractivity contribution in [1.82, 2.24) is 0 Å². The molecule has 0 saturated heterocycles. The van der Waals surface area contributed by atoms with Gasteiger partial charge in [-0.2, -0.15) is 0 Å². The standard InChI is InChI=1S/C27H25NO4/c1-17-12-22(31)14-23(13-17)32-27-7-5-4-6-24(27)28(25-15-20(29)10-8-18(25)2)26-16-21(30)11-9-19(26)3/h4-16,29-31H,1-3H3. The van der Waals surface area contributed by atoms with Gasteiger partial charge in [0, 0.05) is 18.2 Å². The van der Waals surface area contributed by atoms with E-state index in [1.54, 1.807) is 36.4 Å². The summed E-state index contributed by atoms with van der Waals surface area (Å²) in [6.07, 6.45) is 0. The number of aromatic hydroxyl groups is 3. The van der Waals surface area contributed by atoms with Crippen LogP contribution in [-0.4, -0.2) is 15.3 Å². The van der Waals surface area contributed by atoms with Crippen molar-refractivity contribution in [2.45, 2.75) is 20.8 Å². The summed E-state index contributed by atoms with van der Waals surface area (Å²) in [5, 5.41) is 30.5. The van der Waals surface area contributed by atoms with E-state index in [4.69, 9.17) is 4.74 Å². The number of benzene rings is 4. The highest BCUT2D eigenvalue weighted by Crippen LogP contribution is 2.45. The predicted molar refractivity (Wildman–Crippen MR) is 127 cm³/mol. The highest BCUT2D eigenvalue weighted by atomic mass is 16.5. The second-order valence-corrected chi connectivity index (χ2v) is 7.85. The fourth-order valence-corrected chi connectivity index (χ4v) is 3.71. The quantitative estimate of drug-likeness (QED) is 0.320. The summed E-state index contributed by atoms with van der Waals surface area (Å²) in [6, 6.07) is 23.0. The molecule has 3 N–H and O–H groups in total. The molecule has 0 aliphatic heterocycles. The van der Waals surface area contributed by atoms with Crippen LogP contribution in [0.3, 0.4) is 0 Å². The summed E-state index contributed by atoms with van der Waals surface area (Å²) in [6.45, 7) is 5.81. The maximum atomic E-state index is 10.2. The molecule has 0 aliphatic carbocycles. The summed E-state index contributed by atoms with van der Waals surface area (Å²) < 4.78 is 6.21. The Morgan fingerprint density at radius 2 is 1.19 bits per heavy atom. The molecular weight excluding hydrogens is 402 g/mol. The van der Waals surface area contributed by atoms with Gasteiger partial charge in [-0.25, -0.2) is 0 Å². The minimum absolute atomic E-state index is 0.127. The lowest BCUT2D eigenvalue weighted by molar-refractivity contribution is 0.454. The van der Waals surface area contributed by atoms with Gasteiger partial charge >= 0.3 is 0 Å². The number of nitrogens with zero attached hydrogens (tertiary/aromatic N) is 1. The number of hydrogen-bond acceptors (Lipinski definition) is 5. The highest BCUT2D eigenvalue weighted by molar-refractivity contribution is 5.84. The molecule has 0 unspecified atom stereocenters. The first-order valence-electron chi connectivity index (χ1n) is 10.3. The van der Waals surface area contributed by atoms with E-state index in [0.717, 1.165) is 33.8 Å². The molecule has 0 heterocycles. The van der Waals surface area contributed by atoms with Gasteiger partial charge in [-0.3, -0.25) is 0 Å². The summed E-state index contributed by atoms with van der Waals surface area (Å²) in [7, 11) is 0. The summed E-state index contributed by atoms with van der Waals surface area (Å²) in [4.78, 5) is 1.95. The molecular formula is C27H25NO4. The molecule has 0 radical (unpaired) electrons. The molecule has 0 bridgehead atoms. The largest absolute Gasteiger partial charge is 0.508 e. The van der Waals surface area contributed by atoms with Crippen molar-refractivity contribution in [3.05, 3.63) is 95.6 Å². The van der Waals surface area contributed by atoms with E-state index in [1.807, 2.05) is 68.1 Å². The highest BCUT2D eigenvalue weighted by Gasteiger charge is 2.21. The van der Waals surface area contributed by atoms with E-state index >= 15 is 0 Å². The Morgan fingerprint density at radius 1 is 0.594 bits per heavy atom. The Bertz CT molecular complexity index is 1210. The van der Waals surface area contributed by atoms with Crippen LogP contribution in [0.2, 0.25) is 0 Å². The second kappa shape index (κ2) is 8.55. The van der Waals surface area contributed by atoms with Crippen LogP contribution in [0.15, 0.2) is 78.9 Å². The van der Waals surface area contributed by atoms with E-state index in [0.29, 0.717) is 11.5 Å². The maximum Gasteiger partial charge on any atom is 0.151 e. The molecule has 4 aromatic carbocycles. The summed E-state index contributed by atoms with van der Waals surface area (Å²) >= 11 is 0. The third-order valence-corrected chi connectivity index (χ3v) is 5.24. The smallest absolute Gasteiger partial charge is 0.151 e. The first-order valence-corrected chi connectivity index (χ1v) is 10.3. The number of ether oxygens (including phenoxy) is 1. The lowest BCUT2D eigenvalue weighted by atomic mass is 10.1. The minimum atomic E-state index is 0.127. The first-order chi connectivity index (χ1) is 15.3. The first kappa shape index (κ1) is 21.1. The van der Waals surface area contributed by atoms with Crippen molar-refractivity contribution in [1.29, 1.82) is 0 Å². The van der Waals surface area contributed by atoms with E-state index < -0.39 is 0 Å². The van der Waals surface area contributed by atoms with Gasteiger partial charge in [0.2, 0.25) is 0 Å². The molecule has 0 aromatic heterocycles. The van der Waals surface area contributed by atoms with Crippen LogP contribution in [-0.2, 0) is 0 Å². The lowest BCUT2D eigenvalue weighted by Gasteiger charge is -2.30. The Labute approximate surface area is 187 Å². The number of rotatable bonds is 5. The molecule has 32 heavy (non-hydrogen) atoms. The van der Waals surface area contributed by atoms with Crippen LogP contribution < -0.4 is 9.64 Å². The molecule has 0 atom stereocenters. The third kappa shape index (κ3) is 4.32. The number of aryl methyl sites for hydroxylation is 3. The molecule has 4 aromatic rings. The molecule has 0 fully saturated rings. The van der Waals surface area contributed by atoms with E-state index in [-0.39, 0.29) is 17.2 Å². The fraction of sp³-hybridized carbons (Fsp3) is 0.111. The van der Waals surface area contributed by atoms with Crippen molar-refractivity contribution in [2.75, 3.05) is 4.90 Å². The summed E-state index contributed by atoms with van der Waals surface area (Å²) in [5.41, 5.74) is 4.98. The monoisotopic (exact) mass is 427 g/mol. The number of phenolic OH excluding ortho intramolecular Hbond substituents is 3. The SMILES string of the molecule is Cc1cc(O)cc(Oc2ccccc2N(c2cc(O)ccc2C)c2cc(O)ccc2C)c1. The molecule has 0 spiro atoms. The maximum absolute atomic E-state index is 10.2. The van der Waals surface area contributed by atoms with Crippen LogP contribution in [0, 0.1) is 20.8 Å². The predicted octanol–water partition coefficient (Wildman–Crippen LogP) is 6.99. The average molecular weight is 428 g/mol. The molecule has 0 saturated carbocycles. The lowest BCUT2D eigenvalue weighted by Crippen LogP contribution is -2.13. The van der Waals surface area contributed by atoms with Gasteiger partial charge < -0.3 is 25.0 Å². The molecule has 162 valence electrons. The van der Waals surface area contributed by atoms with Crippen LogP contribution >= 0.6 is 0 Å². The fourth-order valence-electron chi connectivity index (χ4n) is 3.71. The average Bonchev–Trinajstić information content (AvgIpc) is 2.73. The second-order valence-electron chi connectivity index (χ2n) is 7.85. The molecule has 5 heteroatoms. The van der Waals surface area contributed by atoms with Gasteiger partial charge in [-0.15, -0.1) is 0 Å². The van der Waals surface area contributed by atoms with Crippen molar-refractivity contribution >= 4 is 17.1 Å². The molecule has 5 nitrogen and oxygen atoms in total. The van der Waals surface area contributed by atoms with Crippen LogP contribution in [0.25, 0.3) is 0 Å². The zero-order chi connectivity index (χ0) is 22.8. The van der Waals surface area contributed by atoms with Gasteiger partial charge in [0.05, 0.1) is 17.1 Å².